The summed E-state index contributed by atoms with van der Waals surface area (Å²) >= 11 is 0. The highest BCUT2D eigenvalue weighted by Gasteiger charge is 2.38. The van der Waals surface area contributed by atoms with Crippen LogP contribution in [0.5, 0.6) is 0 Å². The van der Waals surface area contributed by atoms with Crippen molar-refractivity contribution in [3.05, 3.63) is 150 Å². The third kappa shape index (κ3) is 3.67. The van der Waals surface area contributed by atoms with Crippen molar-refractivity contribution in [3.63, 3.8) is 0 Å². The van der Waals surface area contributed by atoms with Gasteiger partial charge in [-0.15, -0.1) is 0 Å². The summed E-state index contributed by atoms with van der Waals surface area (Å²) in [7, 11) is 0. The van der Waals surface area contributed by atoms with E-state index in [0.717, 1.165) is 28.6 Å². The molecule has 0 bridgehead atoms. The zero-order valence-electron chi connectivity index (χ0n) is 26.2. The van der Waals surface area contributed by atoms with Gasteiger partial charge >= 0.3 is 0 Å². The van der Waals surface area contributed by atoms with Crippen molar-refractivity contribution in [3.8, 4) is 39.9 Å². The lowest BCUT2D eigenvalue weighted by atomic mass is 9.78. The number of rotatable bonds is 3. The largest absolute Gasteiger partial charge is 0.277 e. The number of allylic oxidation sites excluding steroid dienone is 1. The highest BCUT2D eigenvalue weighted by Crippen LogP contribution is 2.54. The summed E-state index contributed by atoms with van der Waals surface area (Å²) in [6.45, 7) is 4.76. The predicted molar refractivity (Wildman–Crippen MR) is 193 cm³/mol. The number of para-hydroxylation sites is 1. The van der Waals surface area contributed by atoms with E-state index in [4.69, 9.17) is 15.0 Å². The van der Waals surface area contributed by atoms with Crippen LogP contribution < -0.4 is 0 Å². The number of hydrogen-bond acceptors (Lipinski definition) is 3. The molecule has 4 nitrogen and oxygen atoms in total. The van der Waals surface area contributed by atoms with Gasteiger partial charge in [-0.3, -0.25) is 4.57 Å². The fourth-order valence-electron chi connectivity index (χ4n) is 8.18. The SMILES string of the molecule is CC1(C)c2ccccc2-c2cc3c4c(c5c(cc4c21)c1ccccc1n5-c1nc(-c2ccccc2)nc(-c2ccccc2)n1)C=CC3. The van der Waals surface area contributed by atoms with Crippen LogP contribution in [0.15, 0.2) is 127 Å². The van der Waals surface area contributed by atoms with Crippen LogP contribution in [-0.2, 0) is 11.8 Å². The van der Waals surface area contributed by atoms with Crippen molar-refractivity contribution in [1.29, 1.82) is 0 Å². The molecule has 2 aliphatic carbocycles. The quantitative estimate of drug-likeness (QED) is 0.202. The molecule has 0 N–H and O–H groups in total. The first-order chi connectivity index (χ1) is 23.1. The summed E-state index contributed by atoms with van der Waals surface area (Å²) in [6.07, 6.45) is 5.55. The van der Waals surface area contributed by atoms with Gasteiger partial charge in [-0.05, 0) is 63.2 Å². The lowest BCUT2D eigenvalue weighted by molar-refractivity contribution is 0.666. The van der Waals surface area contributed by atoms with Crippen molar-refractivity contribution in [2.75, 3.05) is 0 Å². The molecular formula is C43H30N4. The molecule has 10 rings (SSSR count). The van der Waals surface area contributed by atoms with Gasteiger partial charge < -0.3 is 0 Å². The molecule has 0 fully saturated rings. The molecule has 6 aromatic carbocycles. The summed E-state index contributed by atoms with van der Waals surface area (Å²) in [5.74, 6) is 1.93. The Balaban J connectivity index is 1.35. The summed E-state index contributed by atoms with van der Waals surface area (Å²) in [5, 5.41) is 5.09. The Morgan fingerprint density at radius 3 is 2.02 bits per heavy atom. The van der Waals surface area contributed by atoms with Gasteiger partial charge in [0.05, 0.1) is 11.0 Å². The van der Waals surface area contributed by atoms with E-state index in [0.29, 0.717) is 17.6 Å². The van der Waals surface area contributed by atoms with Crippen LogP contribution in [0.2, 0.25) is 0 Å². The highest BCUT2D eigenvalue weighted by atomic mass is 15.2. The molecule has 222 valence electrons. The normalized spacial score (nSPS) is 14.2. The summed E-state index contributed by atoms with van der Waals surface area (Å²) in [6, 6.07) is 42.9. The Morgan fingerprint density at radius 2 is 1.28 bits per heavy atom. The van der Waals surface area contributed by atoms with E-state index in [9.17, 15) is 0 Å². The van der Waals surface area contributed by atoms with Crippen molar-refractivity contribution in [2.45, 2.75) is 25.7 Å². The zero-order chi connectivity index (χ0) is 31.3. The summed E-state index contributed by atoms with van der Waals surface area (Å²) in [5.41, 5.74) is 12.2. The van der Waals surface area contributed by atoms with Gasteiger partial charge in [-0.25, -0.2) is 4.98 Å². The second-order valence-electron chi connectivity index (χ2n) is 13.2. The maximum absolute atomic E-state index is 5.19. The first-order valence-corrected chi connectivity index (χ1v) is 16.3. The Labute approximate surface area is 272 Å². The average Bonchev–Trinajstić information content (AvgIpc) is 3.58. The number of nitrogens with zero attached hydrogens (tertiary/aromatic N) is 4. The minimum absolute atomic E-state index is 0.113. The van der Waals surface area contributed by atoms with E-state index in [-0.39, 0.29) is 5.41 Å². The van der Waals surface area contributed by atoms with Gasteiger partial charge in [-0.1, -0.05) is 129 Å². The molecule has 2 heterocycles. The number of hydrogen-bond donors (Lipinski definition) is 0. The molecule has 47 heavy (non-hydrogen) atoms. The molecule has 2 aliphatic rings. The molecule has 4 heteroatoms. The Bertz CT molecular complexity index is 2550. The van der Waals surface area contributed by atoms with Crippen LogP contribution in [0.1, 0.15) is 36.1 Å². The van der Waals surface area contributed by atoms with Crippen molar-refractivity contribution < 1.29 is 0 Å². The van der Waals surface area contributed by atoms with Crippen LogP contribution in [0, 0.1) is 0 Å². The minimum atomic E-state index is -0.113. The number of aromatic nitrogens is 4. The van der Waals surface area contributed by atoms with Gasteiger partial charge in [0, 0.05) is 32.9 Å². The van der Waals surface area contributed by atoms with Gasteiger partial charge in [0.1, 0.15) is 0 Å². The predicted octanol–water partition coefficient (Wildman–Crippen LogP) is 10.3. The van der Waals surface area contributed by atoms with Crippen LogP contribution in [0.4, 0.5) is 0 Å². The van der Waals surface area contributed by atoms with Crippen molar-refractivity contribution in [1.82, 2.24) is 19.5 Å². The lowest BCUT2D eigenvalue weighted by Crippen LogP contribution is -2.16. The third-order valence-electron chi connectivity index (χ3n) is 10.2. The fraction of sp³-hybridized carbons (Fsp3) is 0.0930. The first-order valence-electron chi connectivity index (χ1n) is 16.3. The average molecular weight is 603 g/mol. The highest BCUT2D eigenvalue weighted by molar-refractivity contribution is 6.20. The molecule has 0 unspecified atom stereocenters. The van der Waals surface area contributed by atoms with E-state index in [1.807, 2.05) is 36.4 Å². The van der Waals surface area contributed by atoms with Gasteiger partial charge in [-0.2, -0.15) is 9.97 Å². The van der Waals surface area contributed by atoms with Gasteiger partial charge in [0.2, 0.25) is 5.95 Å². The molecule has 0 amide bonds. The second-order valence-corrected chi connectivity index (χ2v) is 13.2. The third-order valence-corrected chi connectivity index (χ3v) is 10.2. The van der Waals surface area contributed by atoms with Gasteiger partial charge in [0.25, 0.3) is 0 Å². The van der Waals surface area contributed by atoms with Crippen molar-refractivity contribution in [2.24, 2.45) is 0 Å². The molecule has 0 atom stereocenters. The van der Waals surface area contributed by atoms with E-state index in [1.54, 1.807) is 0 Å². The number of benzene rings is 6. The molecule has 2 aromatic heterocycles. The maximum Gasteiger partial charge on any atom is 0.238 e. The summed E-state index contributed by atoms with van der Waals surface area (Å²) in [4.78, 5) is 15.4. The lowest BCUT2D eigenvalue weighted by Gasteiger charge is -2.26. The zero-order valence-corrected chi connectivity index (χ0v) is 26.2. The topological polar surface area (TPSA) is 43.6 Å². The smallest absolute Gasteiger partial charge is 0.238 e. The Morgan fingerprint density at radius 1 is 0.617 bits per heavy atom. The van der Waals surface area contributed by atoms with Crippen LogP contribution in [0.3, 0.4) is 0 Å². The first kappa shape index (κ1) is 26.4. The standard InChI is InChI=1S/C43H30N4/c1-43(2)35-22-11-9-19-29(35)32-24-28-18-13-21-31-37(28)34(38(32)43)25-33-30-20-10-12-23-36(30)47(39(31)33)42-45-40(26-14-5-3-6-15-26)44-41(46-42)27-16-7-4-8-17-27/h3-17,19-25H,18H2,1-2H3. The number of fused-ring (bicyclic) bond motifs is 8. The molecule has 0 spiro atoms. The molecule has 0 saturated heterocycles. The van der Waals surface area contributed by atoms with E-state index in [2.05, 4.69) is 115 Å². The van der Waals surface area contributed by atoms with Crippen LogP contribution >= 0.6 is 0 Å². The second kappa shape index (κ2) is 9.57. The van der Waals surface area contributed by atoms with E-state index in [1.165, 1.54) is 54.9 Å². The monoisotopic (exact) mass is 602 g/mol. The van der Waals surface area contributed by atoms with Crippen LogP contribution in [-0.4, -0.2) is 19.5 Å². The summed E-state index contributed by atoms with van der Waals surface area (Å²) < 4.78 is 2.27. The molecule has 8 aromatic rings. The Hall–Kier alpha value is -5.87. The molecule has 0 radical (unpaired) electrons. The van der Waals surface area contributed by atoms with Gasteiger partial charge in [0.15, 0.2) is 11.6 Å². The Kier molecular flexibility index (Phi) is 5.37. The van der Waals surface area contributed by atoms with E-state index >= 15 is 0 Å². The van der Waals surface area contributed by atoms with E-state index < -0.39 is 0 Å². The molecule has 0 aliphatic heterocycles. The van der Waals surface area contributed by atoms with Crippen molar-refractivity contribution >= 4 is 38.7 Å². The molecule has 0 saturated carbocycles. The molecular weight excluding hydrogens is 573 g/mol. The minimum Gasteiger partial charge on any atom is -0.277 e. The maximum atomic E-state index is 5.19. The van der Waals surface area contributed by atoms with Crippen LogP contribution in [0.25, 0.3) is 78.5 Å². The fourth-order valence-corrected chi connectivity index (χ4v) is 8.18.